The number of ether oxygens (including phenoxy) is 2. The van der Waals surface area contributed by atoms with Crippen LogP contribution in [0, 0.1) is 15.2 Å². The summed E-state index contributed by atoms with van der Waals surface area (Å²) in [5.74, 6) is -1.37. The summed E-state index contributed by atoms with van der Waals surface area (Å²) >= 11 is 1.96. The van der Waals surface area contributed by atoms with Gasteiger partial charge in [0.2, 0.25) is 10.0 Å². The molecule has 3 aromatic carbocycles. The lowest BCUT2D eigenvalue weighted by atomic mass is 10.2. The average molecular weight is 698 g/mol. The molecule has 0 spiro atoms. The second-order valence-electron chi connectivity index (χ2n) is 10.6. The summed E-state index contributed by atoms with van der Waals surface area (Å²) in [6, 6.07) is 12.7. The quantitative estimate of drug-likeness (QED) is 0.146. The normalized spacial score (nSPS) is 14.1. The highest BCUT2D eigenvalue weighted by molar-refractivity contribution is 14.1. The van der Waals surface area contributed by atoms with Gasteiger partial charge in [-0.3, -0.25) is 10.0 Å². The molecule has 3 N–H and O–H groups in total. The predicted molar refractivity (Wildman–Crippen MR) is 164 cm³/mol. The Labute approximate surface area is 251 Å². The van der Waals surface area contributed by atoms with E-state index in [1.807, 2.05) is 22.6 Å². The van der Waals surface area contributed by atoms with Crippen molar-refractivity contribution in [2.75, 3.05) is 15.4 Å². The molecular formula is C29H30F2IN3O5S. The first-order valence-electron chi connectivity index (χ1n) is 12.7. The molecule has 0 saturated heterocycles. The van der Waals surface area contributed by atoms with Crippen LogP contribution in [0.2, 0.25) is 0 Å². The van der Waals surface area contributed by atoms with Crippen LogP contribution in [0.4, 0.5) is 36.3 Å². The second kappa shape index (κ2) is 11.8. The van der Waals surface area contributed by atoms with Crippen molar-refractivity contribution >= 4 is 61.5 Å². The van der Waals surface area contributed by atoms with E-state index in [1.165, 1.54) is 24.3 Å². The van der Waals surface area contributed by atoms with E-state index in [2.05, 4.69) is 21.9 Å². The summed E-state index contributed by atoms with van der Waals surface area (Å²) in [7, 11) is -4.00. The molecule has 4 rings (SSSR count). The standard InChI is InChI=1S/C29H30F2IN3O5S/c1-5-11-29(12-13-29)41(37,38)35-26-24(34-23-10-9-19(32)16-22(23)31)14-18(30)15-25(26)39-21-8-6-7-20(17-21)33-27(36)40-28(2,3)4/h5-10,14-17,34-35H,1,11-13H2,2-4H3,(H,33,36). The Morgan fingerprint density at radius 2 is 1.83 bits per heavy atom. The van der Waals surface area contributed by atoms with Crippen molar-refractivity contribution in [3.05, 3.63) is 82.5 Å². The summed E-state index contributed by atoms with van der Waals surface area (Å²) in [5, 5.41) is 5.40. The highest BCUT2D eigenvalue weighted by Crippen LogP contribution is 2.49. The number of amides is 1. The van der Waals surface area contributed by atoms with Gasteiger partial charge in [0.25, 0.3) is 0 Å². The zero-order valence-corrected chi connectivity index (χ0v) is 25.7. The zero-order chi connectivity index (χ0) is 30.0. The van der Waals surface area contributed by atoms with Crippen LogP contribution in [0.5, 0.6) is 11.5 Å². The first-order chi connectivity index (χ1) is 19.2. The van der Waals surface area contributed by atoms with Gasteiger partial charge in [0.05, 0.1) is 16.1 Å². The minimum Gasteiger partial charge on any atom is -0.455 e. The maximum atomic E-state index is 14.9. The van der Waals surface area contributed by atoms with E-state index in [1.54, 1.807) is 45.0 Å². The molecule has 41 heavy (non-hydrogen) atoms. The van der Waals surface area contributed by atoms with Crippen molar-refractivity contribution in [1.29, 1.82) is 0 Å². The van der Waals surface area contributed by atoms with E-state index in [9.17, 15) is 22.0 Å². The smallest absolute Gasteiger partial charge is 0.412 e. The number of hydrogen-bond donors (Lipinski definition) is 3. The van der Waals surface area contributed by atoms with Crippen LogP contribution in [0.15, 0.2) is 67.3 Å². The SMILES string of the molecule is C=CCC1(S(=O)(=O)Nc2c(Nc3ccc(I)cc3F)cc(F)cc2Oc2cccc(NC(=O)OC(C)(C)C)c2)CC1. The van der Waals surface area contributed by atoms with Crippen LogP contribution >= 0.6 is 22.6 Å². The fraction of sp³-hybridized carbons (Fsp3) is 0.276. The van der Waals surface area contributed by atoms with Gasteiger partial charge in [0.15, 0.2) is 5.75 Å². The Balaban J connectivity index is 1.73. The van der Waals surface area contributed by atoms with E-state index in [-0.39, 0.29) is 35.0 Å². The number of benzene rings is 3. The van der Waals surface area contributed by atoms with Crippen LogP contribution in [-0.2, 0) is 14.8 Å². The van der Waals surface area contributed by atoms with E-state index < -0.39 is 38.1 Å². The van der Waals surface area contributed by atoms with Crippen molar-refractivity contribution in [1.82, 2.24) is 0 Å². The highest BCUT2D eigenvalue weighted by atomic mass is 127. The molecule has 0 aromatic heterocycles. The van der Waals surface area contributed by atoms with Crippen LogP contribution in [-0.4, -0.2) is 24.9 Å². The van der Waals surface area contributed by atoms with E-state index in [4.69, 9.17) is 9.47 Å². The third-order valence-electron chi connectivity index (χ3n) is 6.11. The molecule has 1 fully saturated rings. The van der Waals surface area contributed by atoms with Crippen LogP contribution in [0.25, 0.3) is 0 Å². The monoisotopic (exact) mass is 697 g/mol. The van der Waals surface area contributed by atoms with Gasteiger partial charge in [0, 0.05) is 21.4 Å². The van der Waals surface area contributed by atoms with Crippen molar-refractivity contribution in [2.24, 2.45) is 0 Å². The van der Waals surface area contributed by atoms with E-state index >= 15 is 0 Å². The number of halogens is 3. The lowest BCUT2D eigenvalue weighted by Crippen LogP contribution is -2.29. The van der Waals surface area contributed by atoms with Crippen molar-refractivity contribution in [3.63, 3.8) is 0 Å². The molecular weight excluding hydrogens is 667 g/mol. The van der Waals surface area contributed by atoms with E-state index in [0.29, 0.717) is 22.1 Å². The van der Waals surface area contributed by atoms with Gasteiger partial charge in [0.1, 0.15) is 28.7 Å². The predicted octanol–water partition coefficient (Wildman–Crippen LogP) is 8.30. The molecule has 8 nitrogen and oxygen atoms in total. The Bertz CT molecular complexity index is 1590. The summed E-state index contributed by atoms with van der Waals surface area (Å²) in [6.07, 6.45) is 1.94. The lowest BCUT2D eigenvalue weighted by Gasteiger charge is -2.22. The number of hydrogen-bond acceptors (Lipinski definition) is 6. The molecule has 1 amide bonds. The molecule has 1 aliphatic rings. The van der Waals surface area contributed by atoms with Crippen LogP contribution < -0.4 is 20.1 Å². The molecule has 12 heteroatoms. The molecule has 0 unspecified atom stereocenters. The van der Waals surface area contributed by atoms with Gasteiger partial charge < -0.3 is 14.8 Å². The van der Waals surface area contributed by atoms with Crippen LogP contribution in [0.3, 0.4) is 0 Å². The molecule has 0 aliphatic heterocycles. The Morgan fingerprint density at radius 3 is 2.46 bits per heavy atom. The molecule has 0 radical (unpaired) electrons. The first-order valence-corrected chi connectivity index (χ1v) is 15.2. The highest BCUT2D eigenvalue weighted by Gasteiger charge is 2.54. The van der Waals surface area contributed by atoms with Crippen molar-refractivity contribution in [2.45, 2.75) is 50.4 Å². The number of nitrogens with one attached hydrogen (secondary N) is 3. The number of sulfonamides is 1. The third kappa shape index (κ3) is 7.67. The maximum absolute atomic E-state index is 14.9. The van der Waals surface area contributed by atoms with Crippen molar-refractivity contribution in [3.8, 4) is 11.5 Å². The van der Waals surface area contributed by atoms with Gasteiger partial charge in [-0.1, -0.05) is 12.1 Å². The average Bonchev–Trinajstić information content (AvgIpc) is 3.64. The summed E-state index contributed by atoms with van der Waals surface area (Å²) < 4.78 is 70.0. The van der Waals surface area contributed by atoms with Gasteiger partial charge >= 0.3 is 6.09 Å². The first kappa shape index (κ1) is 30.6. The Kier molecular flexibility index (Phi) is 8.83. The maximum Gasteiger partial charge on any atom is 0.412 e. The third-order valence-corrected chi connectivity index (χ3v) is 8.96. The number of allylic oxidation sites excluding steroid dienone is 1. The Hall–Kier alpha value is -3.39. The van der Waals surface area contributed by atoms with Crippen molar-refractivity contribution < 1.29 is 31.5 Å². The summed E-state index contributed by atoms with van der Waals surface area (Å²) in [6.45, 7) is 8.86. The molecule has 0 atom stereocenters. The fourth-order valence-corrected chi connectivity index (χ4v) is 6.14. The summed E-state index contributed by atoms with van der Waals surface area (Å²) in [4.78, 5) is 12.2. The molecule has 1 aliphatic carbocycles. The zero-order valence-electron chi connectivity index (χ0n) is 22.7. The number of carbonyl (C=O) groups is 1. The second-order valence-corrected chi connectivity index (χ2v) is 13.9. The number of rotatable bonds is 10. The number of anilines is 4. The fourth-order valence-electron chi connectivity index (χ4n) is 4.02. The minimum absolute atomic E-state index is 0.0122. The van der Waals surface area contributed by atoms with Gasteiger partial charge in [-0.2, -0.15) is 0 Å². The van der Waals surface area contributed by atoms with Gasteiger partial charge in [-0.15, -0.1) is 6.58 Å². The lowest BCUT2D eigenvalue weighted by molar-refractivity contribution is 0.0636. The molecule has 1 saturated carbocycles. The largest absolute Gasteiger partial charge is 0.455 e. The minimum atomic E-state index is -4.00. The summed E-state index contributed by atoms with van der Waals surface area (Å²) in [5.41, 5.74) is -0.530. The Morgan fingerprint density at radius 1 is 1.10 bits per heavy atom. The van der Waals surface area contributed by atoms with Gasteiger partial charge in [-0.25, -0.2) is 22.0 Å². The van der Waals surface area contributed by atoms with Crippen LogP contribution in [0.1, 0.15) is 40.0 Å². The van der Waals surface area contributed by atoms with Gasteiger partial charge in [-0.05, 0) is 99.0 Å². The molecule has 3 aromatic rings. The topological polar surface area (TPSA) is 106 Å². The van der Waals surface area contributed by atoms with E-state index in [0.717, 1.165) is 12.1 Å². The number of carbonyl (C=O) groups excluding carboxylic acids is 1. The molecule has 0 bridgehead atoms. The molecule has 0 heterocycles. The molecule has 218 valence electrons.